The number of phenolic OH excluding ortho intramolecular Hbond substituents is 1. The molecule has 0 amide bonds. The standard InChI is InChI=1S/C16H36P.C8H10O/c1-5-9-13-17(14-10-6-2,15-11-7-3)16-12-8-4;1-2-7-3-5-8(9)6-4-7/h5-16H2,1-4H3;3-6,9H,2H2,1H3/q+1;. The van der Waals surface area contributed by atoms with Crippen LogP contribution < -0.4 is 0 Å². The number of hydrogen-bond donors (Lipinski definition) is 1. The molecule has 152 valence electrons. The Morgan fingerprint density at radius 2 is 0.962 bits per heavy atom. The van der Waals surface area contributed by atoms with E-state index in [0.29, 0.717) is 5.75 Å². The van der Waals surface area contributed by atoms with Gasteiger partial charge in [0.2, 0.25) is 0 Å². The predicted octanol–water partition coefficient (Wildman–Crippen LogP) is 8.16. The van der Waals surface area contributed by atoms with Crippen LogP contribution in [0, 0.1) is 0 Å². The smallest absolute Gasteiger partial charge is 0.115 e. The molecule has 1 N–H and O–H groups in total. The molecule has 0 saturated carbocycles. The van der Waals surface area contributed by atoms with Gasteiger partial charge in [-0.15, -0.1) is 0 Å². The highest BCUT2D eigenvalue weighted by atomic mass is 31.2. The highest BCUT2D eigenvalue weighted by molar-refractivity contribution is 7.75. The Labute approximate surface area is 165 Å². The van der Waals surface area contributed by atoms with Crippen LogP contribution in [0.2, 0.25) is 0 Å². The topological polar surface area (TPSA) is 20.2 Å². The maximum Gasteiger partial charge on any atom is 0.115 e. The first-order valence-corrected chi connectivity index (χ1v) is 13.7. The summed E-state index contributed by atoms with van der Waals surface area (Å²) in [6.45, 7) is 11.5. The zero-order chi connectivity index (χ0) is 19.7. The van der Waals surface area contributed by atoms with Crippen LogP contribution in [0.1, 0.15) is 91.5 Å². The van der Waals surface area contributed by atoms with Crippen LogP contribution in [-0.2, 0) is 6.42 Å². The van der Waals surface area contributed by atoms with Gasteiger partial charge in [-0.25, -0.2) is 0 Å². The molecule has 1 aromatic rings. The van der Waals surface area contributed by atoms with Crippen molar-refractivity contribution in [2.75, 3.05) is 24.6 Å². The quantitative estimate of drug-likeness (QED) is 0.342. The Bertz CT molecular complexity index is 375. The highest BCUT2D eigenvalue weighted by Gasteiger charge is 2.34. The van der Waals surface area contributed by atoms with Crippen molar-refractivity contribution in [3.8, 4) is 5.75 Å². The minimum absolute atomic E-state index is 0.340. The second-order valence-electron chi connectivity index (χ2n) is 7.67. The van der Waals surface area contributed by atoms with Gasteiger partial charge in [-0.05, 0) is 49.8 Å². The van der Waals surface area contributed by atoms with Gasteiger partial charge in [-0.1, -0.05) is 72.4 Å². The van der Waals surface area contributed by atoms with Gasteiger partial charge in [0.25, 0.3) is 0 Å². The summed E-state index contributed by atoms with van der Waals surface area (Å²) in [4.78, 5) is 0. The van der Waals surface area contributed by atoms with Crippen molar-refractivity contribution in [1.29, 1.82) is 0 Å². The first-order chi connectivity index (χ1) is 12.6. The SMILES string of the molecule is CCCC[P+](CCCC)(CCCC)CCCC.CCc1ccc(O)cc1. The summed E-state index contributed by atoms with van der Waals surface area (Å²) >= 11 is 0. The molecular weight excluding hydrogens is 335 g/mol. The lowest BCUT2D eigenvalue weighted by Gasteiger charge is -2.28. The fraction of sp³-hybridized carbons (Fsp3) is 0.750. The average molecular weight is 382 g/mol. The van der Waals surface area contributed by atoms with Crippen molar-refractivity contribution in [3.63, 3.8) is 0 Å². The number of aryl methyl sites for hydroxylation is 1. The maximum atomic E-state index is 8.85. The number of hydrogen-bond acceptors (Lipinski definition) is 1. The van der Waals surface area contributed by atoms with Crippen molar-refractivity contribution in [2.45, 2.75) is 92.4 Å². The first kappa shape index (κ1) is 25.4. The van der Waals surface area contributed by atoms with E-state index in [4.69, 9.17) is 5.11 Å². The van der Waals surface area contributed by atoms with Gasteiger partial charge < -0.3 is 5.11 Å². The van der Waals surface area contributed by atoms with Gasteiger partial charge in [0.15, 0.2) is 0 Å². The molecular formula is C24H46OP+. The fourth-order valence-electron chi connectivity index (χ4n) is 3.38. The number of phenols is 1. The second-order valence-corrected chi connectivity index (χ2v) is 12.1. The van der Waals surface area contributed by atoms with Crippen LogP contribution >= 0.6 is 7.26 Å². The van der Waals surface area contributed by atoms with E-state index in [9.17, 15) is 0 Å². The summed E-state index contributed by atoms with van der Waals surface area (Å²) < 4.78 is 0. The van der Waals surface area contributed by atoms with Gasteiger partial charge in [0, 0.05) is 7.26 Å². The molecule has 2 heteroatoms. The van der Waals surface area contributed by atoms with E-state index in [1.165, 1.54) is 56.9 Å². The Hall–Kier alpha value is -0.550. The third kappa shape index (κ3) is 11.9. The van der Waals surface area contributed by atoms with Gasteiger partial charge in [0.1, 0.15) is 5.75 Å². The zero-order valence-corrected chi connectivity index (χ0v) is 19.3. The van der Waals surface area contributed by atoms with Gasteiger partial charge in [0.05, 0.1) is 24.6 Å². The van der Waals surface area contributed by atoms with Crippen LogP contribution in [-0.4, -0.2) is 29.8 Å². The Morgan fingerprint density at radius 1 is 0.615 bits per heavy atom. The van der Waals surface area contributed by atoms with Gasteiger partial charge >= 0.3 is 0 Å². The molecule has 0 atom stereocenters. The van der Waals surface area contributed by atoms with E-state index in [2.05, 4.69) is 34.6 Å². The van der Waals surface area contributed by atoms with Crippen molar-refractivity contribution in [1.82, 2.24) is 0 Å². The van der Waals surface area contributed by atoms with Gasteiger partial charge in [-0.3, -0.25) is 0 Å². The lowest BCUT2D eigenvalue weighted by atomic mass is 10.2. The van der Waals surface area contributed by atoms with Gasteiger partial charge in [-0.2, -0.15) is 0 Å². The molecule has 0 bridgehead atoms. The molecule has 0 heterocycles. The summed E-state index contributed by atoms with van der Waals surface area (Å²) in [6.07, 6.45) is 19.0. The second kappa shape index (κ2) is 16.6. The molecule has 0 fully saturated rings. The zero-order valence-electron chi connectivity index (χ0n) is 18.4. The van der Waals surface area contributed by atoms with E-state index in [1.54, 1.807) is 36.8 Å². The summed E-state index contributed by atoms with van der Waals surface area (Å²) in [7, 11) is -0.562. The summed E-state index contributed by atoms with van der Waals surface area (Å²) in [6, 6.07) is 7.27. The van der Waals surface area contributed by atoms with Crippen LogP contribution in [0.4, 0.5) is 0 Å². The van der Waals surface area contributed by atoms with Crippen LogP contribution in [0.15, 0.2) is 24.3 Å². The largest absolute Gasteiger partial charge is 0.508 e. The molecule has 0 spiro atoms. The lowest BCUT2D eigenvalue weighted by molar-refractivity contribution is 0.475. The van der Waals surface area contributed by atoms with Crippen molar-refractivity contribution in [2.24, 2.45) is 0 Å². The van der Waals surface area contributed by atoms with E-state index in [-0.39, 0.29) is 0 Å². The Balaban J connectivity index is 0.000000577. The van der Waals surface area contributed by atoms with E-state index in [1.807, 2.05) is 12.1 Å². The summed E-state index contributed by atoms with van der Waals surface area (Å²) in [5, 5.41) is 8.85. The molecule has 1 nitrogen and oxygen atoms in total. The molecule has 0 saturated heterocycles. The number of benzene rings is 1. The van der Waals surface area contributed by atoms with E-state index >= 15 is 0 Å². The third-order valence-electron chi connectivity index (χ3n) is 5.29. The molecule has 0 aromatic heterocycles. The van der Waals surface area contributed by atoms with E-state index < -0.39 is 7.26 Å². The monoisotopic (exact) mass is 381 g/mol. The average Bonchev–Trinajstić information content (AvgIpc) is 2.68. The number of rotatable bonds is 13. The van der Waals surface area contributed by atoms with Crippen LogP contribution in [0.3, 0.4) is 0 Å². The minimum atomic E-state index is -0.562. The van der Waals surface area contributed by atoms with E-state index in [0.717, 1.165) is 6.42 Å². The Morgan fingerprint density at radius 3 is 1.23 bits per heavy atom. The number of unbranched alkanes of at least 4 members (excludes halogenated alkanes) is 4. The predicted molar refractivity (Wildman–Crippen MR) is 124 cm³/mol. The van der Waals surface area contributed by atoms with Crippen molar-refractivity contribution < 1.29 is 5.11 Å². The molecule has 1 aromatic carbocycles. The van der Waals surface area contributed by atoms with Crippen LogP contribution in [0.5, 0.6) is 5.75 Å². The van der Waals surface area contributed by atoms with Crippen molar-refractivity contribution >= 4 is 7.26 Å². The minimum Gasteiger partial charge on any atom is -0.508 e. The highest BCUT2D eigenvalue weighted by Crippen LogP contribution is 2.61. The molecule has 0 aliphatic rings. The van der Waals surface area contributed by atoms with Crippen LogP contribution in [0.25, 0.3) is 0 Å². The molecule has 0 aliphatic carbocycles. The molecule has 26 heavy (non-hydrogen) atoms. The lowest BCUT2D eigenvalue weighted by Crippen LogP contribution is -2.12. The summed E-state index contributed by atoms with van der Waals surface area (Å²) in [5.74, 6) is 0.340. The summed E-state index contributed by atoms with van der Waals surface area (Å²) in [5.41, 5.74) is 1.26. The first-order valence-electron chi connectivity index (χ1n) is 11.2. The van der Waals surface area contributed by atoms with Crippen molar-refractivity contribution in [3.05, 3.63) is 29.8 Å². The molecule has 0 radical (unpaired) electrons. The molecule has 0 unspecified atom stereocenters. The molecule has 1 rings (SSSR count). The maximum absolute atomic E-state index is 8.85. The number of aromatic hydroxyl groups is 1. The fourth-order valence-corrected chi connectivity index (χ4v) is 8.67. The molecule has 0 aliphatic heterocycles. The third-order valence-corrected chi connectivity index (χ3v) is 10.3. The normalized spacial score (nSPS) is 11.1. The Kier molecular flexibility index (Phi) is 16.3.